The molecule has 0 saturated carbocycles. The minimum absolute atomic E-state index is 0. The third kappa shape index (κ3) is 11.2. The summed E-state index contributed by atoms with van der Waals surface area (Å²) >= 11 is 0. The molecular formula is C45H57Cl2Zr-3. The zero-order valence-corrected chi connectivity index (χ0v) is 35.0. The molecule has 0 radical (unpaired) electrons. The molecule has 0 unspecified atom stereocenters. The minimum Gasteiger partial charge on any atom is -1.00 e. The number of hydrogen-bond acceptors (Lipinski definition) is 0. The first-order valence-corrected chi connectivity index (χ1v) is 17.6. The van der Waals surface area contributed by atoms with Gasteiger partial charge in [-0.1, -0.05) is 136 Å². The fourth-order valence-electron chi connectivity index (χ4n) is 6.70. The van der Waals surface area contributed by atoms with Crippen LogP contribution in [-0.2, 0) is 45.5 Å². The number of benzene rings is 3. The minimum atomic E-state index is 0. The Morgan fingerprint density at radius 3 is 0.896 bits per heavy atom. The molecule has 0 heterocycles. The van der Waals surface area contributed by atoms with Gasteiger partial charge in [-0.2, -0.15) is 18.2 Å². The molecule has 3 heteroatoms. The van der Waals surface area contributed by atoms with Crippen LogP contribution in [0.4, 0.5) is 0 Å². The first-order valence-electron chi connectivity index (χ1n) is 17.6. The zero-order valence-electron chi connectivity index (χ0n) is 31.0. The van der Waals surface area contributed by atoms with Gasteiger partial charge in [-0.25, -0.2) is 0 Å². The van der Waals surface area contributed by atoms with Crippen molar-refractivity contribution < 1.29 is 51.0 Å². The fraction of sp³-hybridized carbons (Fsp3) is 0.400. The van der Waals surface area contributed by atoms with E-state index in [-0.39, 0.29) is 51.0 Å². The molecule has 6 aromatic carbocycles. The van der Waals surface area contributed by atoms with Crippen LogP contribution in [0.15, 0.2) is 72.8 Å². The van der Waals surface area contributed by atoms with Crippen molar-refractivity contribution in [3.63, 3.8) is 0 Å². The van der Waals surface area contributed by atoms with Crippen molar-refractivity contribution in [2.75, 3.05) is 0 Å². The summed E-state index contributed by atoms with van der Waals surface area (Å²) in [5.41, 5.74) is 12.9. The number of fused-ring (bicyclic) bond motifs is 3. The number of aryl methyl sites for hydroxylation is 9. The van der Waals surface area contributed by atoms with Gasteiger partial charge in [0.1, 0.15) is 0 Å². The zero-order chi connectivity index (χ0) is 32.5. The molecule has 0 aliphatic carbocycles. The molecule has 0 spiro atoms. The Bertz CT molecular complexity index is 1610. The van der Waals surface area contributed by atoms with Crippen molar-refractivity contribution in [2.45, 2.75) is 120 Å². The smallest absolute Gasteiger partial charge is 1.00 e. The van der Waals surface area contributed by atoms with Gasteiger partial charge < -0.3 is 24.8 Å². The Morgan fingerprint density at radius 1 is 0.417 bits per heavy atom. The SMILES string of the molecule is CCCCc1ccc(C)c2[cH-]c(C)cc12.CCCCc1ccc(C)c2[cH-]c(C)cc12.CCCCc1ccc(C)c2[cH-]c(C)cc12.[Cl-].[Cl-].[Zr+2]. The summed E-state index contributed by atoms with van der Waals surface area (Å²) in [5.74, 6) is 0. The van der Waals surface area contributed by atoms with E-state index in [1.807, 2.05) is 0 Å². The first kappa shape index (κ1) is 44.0. The Balaban J connectivity index is 0.000000349. The van der Waals surface area contributed by atoms with Gasteiger partial charge in [-0.05, 0) is 19.3 Å². The van der Waals surface area contributed by atoms with Crippen LogP contribution in [0.2, 0.25) is 0 Å². The maximum Gasteiger partial charge on any atom is 2.00 e. The molecule has 6 aromatic rings. The molecule has 0 atom stereocenters. The van der Waals surface area contributed by atoms with E-state index < -0.39 is 0 Å². The molecule has 258 valence electrons. The quantitative estimate of drug-likeness (QED) is 0.134. The van der Waals surface area contributed by atoms with Crippen molar-refractivity contribution in [1.29, 1.82) is 0 Å². The molecule has 0 N–H and O–H groups in total. The summed E-state index contributed by atoms with van der Waals surface area (Å²) < 4.78 is 0. The van der Waals surface area contributed by atoms with Crippen molar-refractivity contribution in [1.82, 2.24) is 0 Å². The Kier molecular flexibility index (Phi) is 19.5. The van der Waals surface area contributed by atoms with Crippen molar-refractivity contribution in [3.05, 3.63) is 123 Å². The van der Waals surface area contributed by atoms with Crippen LogP contribution >= 0.6 is 0 Å². The number of halogens is 2. The van der Waals surface area contributed by atoms with Gasteiger partial charge in [0.25, 0.3) is 0 Å². The maximum absolute atomic E-state index is 2.33. The largest absolute Gasteiger partial charge is 2.00 e. The van der Waals surface area contributed by atoms with E-state index in [1.165, 1.54) is 140 Å². The molecule has 0 saturated heterocycles. The van der Waals surface area contributed by atoms with Gasteiger partial charge in [0.2, 0.25) is 0 Å². The molecule has 0 aliphatic rings. The van der Waals surface area contributed by atoms with Gasteiger partial charge in [-0.15, -0.1) is 102 Å². The van der Waals surface area contributed by atoms with E-state index in [4.69, 9.17) is 0 Å². The van der Waals surface area contributed by atoms with E-state index in [2.05, 4.69) is 135 Å². The molecule has 0 amide bonds. The molecule has 0 fully saturated rings. The van der Waals surface area contributed by atoms with Crippen molar-refractivity contribution in [2.24, 2.45) is 0 Å². The van der Waals surface area contributed by atoms with Crippen LogP contribution in [0, 0.1) is 41.5 Å². The summed E-state index contributed by atoms with van der Waals surface area (Å²) in [6.45, 7) is 19.9. The maximum atomic E-state index is 2.33. The van der Waals surface area contributed by atoms with Gasteiger partial charge in [0, 0.05) is 0 Å². The van der Waals surface area contributed by atoms with Crippen LogP contribution in [0.1, 0.15) is 109 Å². The Morgan fingerprint density at radius 2 is 0.667 bits per heavy atom. The van der Waals surface area contributed by atoms with Crippen LogP contribution in [0.25, 0.3) is 32.3 Å². The summed E-state index contributed by atoms with van der Waals surface area (Å²) in [6, 6.07) is 27.6. The molecule has 0 aliphatic heterocycles. The van der Waals surface area contributed by atoms with Crippen LogP contribution in [-0.4, -0.2) is 0 Å². The van der Waals surface area contributed by atoms with Crippen LogP contribution < -0.4 is 24.8 Å². The Labute approximate surface area is 324 Å². The molecule has 48 heavy (non-hydrogen) atoms. The van der Waals surface area contributed by atoms with Crippen molar-refractivity contribution >= 4 is 32.3 Å². The first-order chi connectivity index (χ1) is 21.7. The van der Waals surface area contributed by atoms with Gasteiger partial charge in [0.15, 0.2) is 0 Å². The normalized spacial score (nSPS) is 10.4. The van der Waals surface area contributed by atoms with Gasteiger partial charge in [-0.3, -0.25) is 0 Å². The van der Waals surface area contributed by atoms with Crippen LogP contribution in [0.5, 0.6) is 0 Å². The molecule has 0 aromatic heterocycles. The summed E-state index contributed by atoms with van der Waals surface area (Å²) in [6.07, 6.45) is 11.4. The third-order valence-electron chi connectivity index (χ3n) is 9.42. The van der Waals surface area contributed by atoms with E-state index >= 15 is 0 Å². The van der Waals surface area contributed by atoms with E-state index in [9.17, 15) is 0 Å². The predicted octanol–water partition coefficient (Wildman–Crippen LogP) is 7.56. The summed E-state index contributed by atoms with van der Waals surface area (Å²) in [7, 11) is 0. The third-order valence-corrected chi connectivity index (χ3v) is 9.42. The topological polar surface area (TPSA) is 0 Å². The number of unbranched alkanes of at least 4 members (excludes halogenated alkanes) is 3. The number of hydrogen-bond donors (Lipinski definition) is 0. The Hall–Kier alpha value is -2.05. The monoisotopic (exact) mass is 757 g/mol. The molecule has 0 bridgehead atoms. The second-order valence-electron chi connectivity index (χ2n) is 13.5. The predicted molar refractivity (Wildman–Crippen MR) is 203 cm³/mol. The molecule has 6 rings (SSSR count). The molecule has 0 nitrogen and oxygen atoms in total. The van der Waals surface area contributed by atoms with Crippen LogP contribution in [0.3, 0.4) is 0 Å². The summed E-state index contributed by atoms with van der Waals surface area (Å²) in [4.78, 5) is 0. The van der Waals surface area contributed by atoms with E-state index in [0.717, 1.165) is 0 Å². The van der Waals surface area contributed by atoms with Crippen molar-refractivity contribution in [3.8, 4) is 0 Å². The van der Waals surface area contributed by atoms with Gasteiger partial charge in [0.05, 0.1) is 0 Å². The second kappa shape index (κ2) is 21.2. The second-order valence-corrected chi connectivity index (χ2v) is 13.5. The fourth-order valence-corrected chi connectivity index (χ4v) is 6.70. The average Bonchev–Trinajstić information content (AvgIpc) is 3.74. The van der Waals surface area contributed by atoms with E-state index in [0.29, 0.717) is 0 Å². The van der Waals surface area contributed by atoms with Gasteiger partial charge >= 0.3 is 26.2 Å². The summed E-state index contributed by atoms with van der Waals surface area (Å²) in [5, 5.41) is 8.76. The standard InChI is InChI=1S/3C15H19.2ClH.Zr/c3*1-4-5-6-13-8-7-12(3)14-9-11(2)10-15(13)14;;;/h3*7-10H,4-6H2,1-3H3;2*1H;/q3*-1;;;+2/p-2. The van der Waals surface area contributed by atoms with E-state index in [1.54, 1.807) is 0 Å². The number of rotatable bonds is 9. The average molecular weight is 760 g/mol. The molecular weight excluding hydrogens is 703 g/mol.